The third-order valence-corrected chi connectivity index (χ3v) is 3.50. The molecular weight excluding hydrogens is 276 g/mol. The molecule has 0 bridgehead atoms. The predicted octanol–water partition coefficient (Wildman–Crippen LogP) is 2.52. The van der Waals surface area contributed by atoms with E-state index in [4.69, 9.17) is 22.1 Å². The molecule has 20 heavy (non-hydrogen) atoms. The van der Waals surface area contributed by atoms with E-state index in [9.17, 15) is 5.11 Å². The Hall–Kier alpha value is -1.62. The van der Waals surface area contributed by atoms with Crippen molar-refractivity contribution in [1.82, 2.24) is 4.98 Å². The summed E-state index contributed by atoms with van der Waals surface area (Å²) >= 11 is 5.93. The molecule has 2 aromatic rings. The Labute approximate surface area is 123 Å². The number of ether oxygens (including phenoxy) is 1. The Morgan fingerprint density at radius 1 is 1.40 bits per heavy atom. The van der Waals surface area contributed by atoms with E-state index >= 15 is 0 Å². The minimum atomic E-state index is -0.781. The van der Waals surface area contributed by atoms with Crippen LogP contribution in [0.1, 0.15) is 23.1 Å². The van der Waals surface area contributed by atoms with Crippen LogP contribution < -0.4 is 10.5 Å². The van der Waals surface area contributed by atoms with Crippen LogP contribution in [0.2, 0.25) is 5.02 Å². The molecule has 0 saturated carbocycles. The summed E-state index contributed by atoms with van der Waals surface area (Å²) in [6.07, 6.45) is 2.62. The SMILES string of the molecule is COc1cc(Cl)ccc1C(O)C(CN)c1cccnc1. The Morgan fingerprint density at radius 3 is 2.80 bits per heavy atom. The quantitative estimate of drug-likeness (QED) is 0.888. The first kappa shape index (κ1) is 14.8. The lowest BCUT2D eigenvalue weighted by Gasteiger charge is -2.23. The first-order chi connectivity index (χ1) is 9.67. The number of rotatable bonds is 5. The van der Waals surface area contributed by atoms with Gasteiger partial charge in [-0.15, -0.1) is 0 Å². The number of hydrogen-bond acceptors (Lipinski definition) is 4. The molecule has 2 unspecified atom stereocenters. The van der Waals surface area contributed by atoms with Crippen molar-refractivity contribution >= 4 is 11.6 Å². The summed E-state index contributed by atoms with van der Waals surface area (Å²) in [5.74, 6) is 0.297. The molecule has 0 aliphatic carbocycles. The molecule has 0 amide bonds. The largest absolute Gasteiger partial charge is 0.496 e. The Kier molecular flexibility index (Phi) is 4.95. The molecule has 1 aromatic heterocycles. The molecule has 0 radical (unpaired) electrons. The van der Waals surface area contributed by atoms with Gasteiger partial charge in [0.2, 0.25) is 0 Å². The molecule has 5 heteroatoms. The van der Waals surface area contributed by atoms with Gasteiger partial charge in [0.1, 0.15) is 5.75 Å². The monoisotopic (exact) mass is 292 g/mol. The summed E-state index contributed by atoms with van der Waals surface area (Å²) in [6, 6.07) is 8.88. The van der Waals surface area contributed by atoms with Crippen LogP contribution in [0, 0.1) is 0 Å². The van der Waals surface area contributed by atoms with Crippen molar-refractivity contribution < 1.29 is 9.84 Å². The highest BCUT2D eigenvalue weighted by molar-refractivity contribution is 6.30. The number of aliphatic hydroxyl groups excluding tert-OH is 1. The fourth-order valence-corrected chi connectivity index (χ4v) is 2.35. The second kappa shape index (κ2) is 6.70. The second-order valence-electron chi connectivity index (χ2n) is 4.46. The molecular formula is C15H17ClN2O2. The van der Waals surface area contributed by atoms with E-state index in [1.54, 1.807) is 37.7 Å². The van der Waals surface area contributed by atoms with E-state index in [1.807, 2.05) is 12.1 Å². The Balaban J connectivity index is 2.36. The fraction of sp³-hybridized carbons (Fsp3) is 0.267. The topological polar surface area (TPSA) is 68.4 Å². The van der Waals surface area contributed by atoms with Gasteiger partial charge in [-0.3, -0.25) is 4.98 Å². The van der Waals surface area contributed by atoms with E-state index < -0.39 is 6.10 Å². The van der Waals surface area contributed by atoms with Crippen molar-refractivity contribution in [3.63, 3.8) is 0 Å². The van der Waals surface area contributed by atoms with Crippen LogP contribution in [0.5, 0.6) is 5.75 Å². The normalized spacial score (nSPS) is 13.8. The van der Waals surface area contributed by atoms with Gasteiger partial charge in [-0.25, -0.2) is 0 Å². The van der Waals surface area contributed by atoms with Gasteiger partial charge < -0.3 is 15.6 Å². The van der Waals surface area contributed by atoms with E-state index in [0.717, 1.165) is 5.56 Å². The summed E-state index contributed by atoms with van der Waals surface area (Å²) in [5, 5.41) is 11.2. The van der Waals surface area contributed by atoms with Crippen molar-refractivity contribution in [1.29, 1.82) is 0 Å². The fourth-order valence-electron chi connectivity index (χ4n) is 2.19. The van der Waals surface area contributed by atoms with Gasteiger partial charge in [0.05, 0.1) is 13.2 Å². The first-order valence-electron chi connectivity index (χ1n) is 6.29. The lowest BCUT2D eigenvalue weighted by atomic mass is 9.90. The highest BCUT2D eigenvalue weighted by atomic mass is 35.5. The lowest BCUT2D eigenvalue weighted by molar-refractivity contribution is 0.143. The first-order valence-corrected chi connectivity index (χ1v) is 6.66. The van der Waals surface area contributed by atoms with Crippen LogP contribution in [0.3, 0.4) is 0 Å². The maximum absolute atomic E-state index is 10.6. The molecule has 1 heterocycles. The van der Waals surface area contributed by atoms with Gasteiger partial charge in [0, 0.05) is 35.4 Å². The predicted molar refractivity (Wildman–Crippen MR) is 79.0 cm³/mol. The number of aromatic nitrogens is 1. The maximum atomic E-state index is 10.6. The van der Waals surface area contributed by atoms with Gasteiger partial charge in [0.15, 0.2) is 0 Å². The van der Waals surface area contributed by atoms with Crippen LogP contribution in [0.15, 0.2) is 42.7 Å². The highest BCUT2D eigenvalue weighted by Crippen LogP contribution is 2.36. The van der Waals surface area contributed by atoms with Crippen molar-refractivity contribution in [3.8, 4) is 5.75 Å². The van der Waals surface area contributed by atoms with Crippen LogP contribution in [0.25, 0.3) is 0 Å². The van der Waals surface area contributed by atoms with Gasteiger partial charge in [-0.2, -0.15) is 0 Å². The summed E-state index contributed by atoms with van der Waals surface area (Å²) in [7, 11) is 1.55. The van der Waals surface area contributed by atoms with E-state index in [0.29, 0.717) is 22.9 Å². The molecule has 4 nitrogen and oxygen atoms in total. The minimum Gasteiger partial charge on any atom is -0.496 e. The maximum Gasteiger partial charge on any atom is 0.126 e. The third-order valence-electron chi connectivity index (χ3n) is 3.26. The number of aliphatic hydroxyl groups is 1. The molecule has 0 spiro atoms. The summed E-state index contributed by atoms with van der Waals surface area (Å²) < 4.78 is 5.28. The zero-order valence-corrected chi connectivity index (χ0v) is 11.9. The number of nitrogens with zero attached hydrogens (tertiary/aromatic N) is 1. The van der Waals surface area contributed by atoms with Gasteiger partial charge in [-0.1, -0.05) is 23.7 Å². The Morgan fingerprint density at radius 2 is 2.20 bits per heavy atom. The van der Waals surface area contributed by atoms with E-state index in [-0.39, 0.29) is 5.92 Å². The van der Waals surface area contributed by atoms with Crippen LogP contribution in [0.4, 0.5) is 0 Å². The van der Waals surface area contributed by atoms with Crippen LogP contribution in [-0.4, -0.2) is 23.7 Å². The molecule has 0 saturated heterocycles. The smallest absolute Gasteiger partial charge is 0.126 e. The average Bonchev–Trinajstić information content (AvgIpc) is 2.48. The molecule has 0 aliphatic rings. The van der Waals surface area contributed by atoms with Crippen molar-refractivity contribution in [2.45, 2.75) is 12.0 Å². The molecule has 106 valence electrons. The number of benzene rings is 1. The Bertz CT molecular complexity index is 563. The number of nitrogens with two attached hydrogens (primary N) is 1. The van der Waals surface area contributed by atoms with Crippen molar-refractivity contribution in [2.75, 3.05) is 13.7 Å². The van der Waals surface area contributed by atoms with E-state index in [2.05, 4.69) is 4.98 Å². The van der Waals surface area contributed by atoms with Crippen molar-refractivity contribution in [2.24, 2.45) is 5.73 Å². The summed E-state index contributed by atoms with van der Waals surface area (Å²) in [5.41, 5.74) is 7.36. The molecule has 1 aromatic carbocycles. The van der Waals surface area contributed by atoms with Crippen LogP contribution >= 0.6 is 11.6 Å². The highest BCUT2D eigenvalue weighted by Gasteiger charge is 2.24. The zero-order chi connectivity index (χ0) is 14.5. The van der Waals surface area contributed by atoms with Crippen molar-refractivity contribution in [3.05, 3.63) is 58.9 Å². The standard InChI is InChI=1S/C15H17ClN2O2/c1-20-14-7-11(16)4-5-12(14)15(19)13(8-17)10-3-2-6-18-9-10/h2-7,9,13,15,19H,8,17H2,1H3. The summed E-state index contributed by atoms with van der Waals surface area (Å²) in [4.78, 5) is 4.07. The molecule has 2 atom stereocenters. The average molecular weight is 293 g/mol. The second-order valence-corrected chi connectivity index (χ2v) is 4.90. The van der Waals surface area contributed by atoms with Crippen LogP contribution in [-0.2, 0) is 0 Å². The molecule has 0 fully saturated rings. The zero-order valence-electron chi connectivity index (χ0n) is 11.2. The van der Waals surface area contributed by atoms with Gasteiger partial charge >= 0.3 is 0 Å². The minimum absolute atomic E-state index is 0.251. The third kappa shape index (κ3) is 3.10. The molecule has 2 rings (SSSR count). The van der Waals surface area contributed by atoms with Gasteiger partial charge in [-0.05, 0) is 23.8 Å². The number of hydrogen-bond donors (Lipinski definition) is 2. The number of halogens is 1. The van der Waals surface area contributed by atoms with Gasteiger partial charge in [0.25, 0.3) is 0 Å². The molecule has 3 N–H and O–H groups in total. The number of pyridine rings is 1. The summed E-state index contributed by atoms with van der Waals surface area (Å²) in [6.45, 7) is 0.304. The van der Waals surface area contributed by atoms with E-state index in [1.165, 1.54) is 0 Å². The molecule has 0 aliphatic heterocycles. The number of methoxy groups -OCH3 is 1. The lowest BCUT2D eigenvalue weighted by Crippen LogP contribution is -2.20.